The Morgan fingerprint density at radius 1 is 1.14 bits per heavy atom. The van der Waals surface area contributed by atoms with E-state index in [0.29, 0.717) is 6.54 Å². The standard InChI is InChI=1S/C17H18FNO2/c1-3-12-4-7-14(8-5-12)19(2)11-13-6-9-16(18)15(10-13)17(20)21/h4-10H,3,11H2,1-2H3,(H,20,21). The van der Waals surface area contributed by atoms with Gasteiger partial charge in [-0.3, -0.25) is 0 Å². The summed E-state index contributed by atoms with van der Waals surface area (Å²) in [5.74, 6) is -1.95. The van der Waals surface area contributed by atoms with Gasteiger partial charge in [0, 0.05) is 19.3 Å². The number of carbonyl (C=O) groups is 1. The zero-order valence-electron chi connectivity index (χ0n) is 12.1. The highest BCUT2D eigenvalue weighted by molar-refractivity contribution is 5.88. The van der Waals surface area contributed by atoms with Crippen molar-refractivity contribution in [3.63, 3.8) is 0 Å². The van der Waals surface area contributed by atoms with Crippen LogP contribution in [0.1, 0.15) is 28.4 Å². The maximum atomic E-state index is 13.4. The number of hydrogen-bond acceptors (Lipinski definition) is 2. The topological polar surface area (TPSA) is 40.5 Å². The molecule has 0 fully saturated rings. The van der Waals surface area contributed by atoms with Crippen LogP contribution in [-0.2, 0) is 13.0 Å². The Balaban J connectivity index is 2.16. The van der Waals surface area contributed by atoms with E-state index in [-0.39, 0.29) is 5.56 Å². The van der Waals surface area contributed by atoms with Gasteiger partial charge >= 0.3 is 5.97 Å². The van der Waals surface area contributed by atoms with E-state index in [2.05, 4.69) is 19.1 Å². The molecular weight excluding hydrogens is 269 g/mol. The summed E-state index contributed by atoms with van der Waals surface area (Å²) in [6, 6.07) is 12.4. The SMILES string of the molecule is CCc1ccc(N(C)Cc2ccc(F)c(C(=O)O)c2)cc1. The van der Waals surface area contributed by atoms with E-state index in [0.717, 1.165) is 17.7 Å². The normalized spacial score (nSPS) is 10.4. The van der Waals surface area contributed by atoms with Gasteiger partial charge in [-0.05, 0) is 41.8 Å². The van der Waals surface area contributed by atoms with Gasteiger partial charge < -0.3 is 10.0 Å². The highest BCUT2D eigenvalue weighted by Crippen LogP contribution is 2.18. The van der Waals surface area contributed by atoms with E-state index in [1.165, 1.54) is 17.7 Å². The second-order valence-corrected chi connectivity index (χ2v) is 5.00. The lowest BCUT2D eigenvalue weighted by Crippen LogP contribution is -2.17. The van der Waals surface area contributed by atoms with E-state index in [9.17, 15) is 9.18 Å². The van der Waals surface area contributed by atoms with Gasteiger partial charge in [-0.15, -0.1) is 0 Å². The number of carboxylic acid groups (broad SMARTS) is 1. The molecule has 0 aliphatic rings. The monoisotopic (exact) mass is 287 g/mol. The Morgan fingerprint density at radius 2 is 1.76 bits per heavy atom. The highest BCUT2D eigenvalue weighted by atomic mass is 19.1. The molecule has 4 heteroatoms. The number of benzene rings is 2. The van der Waals surface area contributed by atoms with Crippen LogP contribution in [0.3, 0.4) is 0 Å². The van der Waals surface area contributed by atoms with Gasteiger partial charge in [-0.1, -0.05) is 25.1 Å². The molecule has 0 aliphatic heterocycles. The molecule has 21 heavy (non-hydrogen) atoms. The fourth-order valence-corrected chi connectivity index (χ4v) is 2.19. The van der Waals surface area contributed by atoms with E-state index < -0.39 is 11.8 Å². The Morgan fingerprint density at radius 3 is 2.33 bits per heavy atom. The van der Waals surface area contributed by atoms with Crippen LogP contribution in [0.15, 0.2) is 42.5 Å². The van der Waals surface area contributed by atoms with Crippen molar-refractivity contribution in [2.75, 3.05) is 11.9 Å². The molecule has 0 unspecified atom stereocenters. The Hall–Kier alpha value is -2.36. The molecule has 0 atom stereocenters. The number of anilines is 1. The van der Waals surface area contributed by atoms with Crippen molar-refractivity contribution < 1.29 is 14.3 Å². The van der Waals surface area contributed by atoms with Gasteiger partial charge in [0.15, 0.2) is 0 Å². The minimum absolute atomic E-state index is 0.290. The first-order valence-electron chi connectivity index (χ1n) is 6.83. The molecule has 0 radical (unpaired) electrons. The van der Waals surface area contributed by atoms with Gasteiger partial charge in [0.1, 0.15) is 5.82 Å². The van der Waals surface area contributed by atoms with Gasteiger partial charge in [0.25, 0.3) is 0 Å². The van der Waals surface area contributed by atoms with Gasteiger partial charge in [0.05, 0.1) is 5.56 Å². The van der Waals surface area contributed by atoms with Crippen LogP contribution in [0.2, 0.25) is 0 Å². The Bertz CT molecular complexity index is 638. The third-order valence-corrected chi connectivity index (χ3v) is 3.47. The molecule has 0 heterocycles. The number of carboxylic acids is 1. The summed E-state index contributed by atoms with van der Waals surface area (Å²) in [5.41, 5.74) is 2.77. The average molecular weight is 287 g/mol. The molecule has 2 aromatic carbocycles. The van der Waals surface area contributed by atoms with E-state index in [4.69, 9.17) is 5.11 Å². The van der Waals surface area contributed by atoms with Gasteiger partial charge in [-0.2, -0.15) is 0 Å². The minimum Gasteiger partial charge on any atom is -0.478 e. The highest BCUT2D eigenvalue weighted by Gasteiger charge is 2.11. The quantitative estimate of drug-likeness (QED) is 0.911. The zero-order chi connectivity index (χ0) is 15.4. The van der Waals surface area contributed by atoms with Crippen LogP contribution in [0.25, 0.3) is 0 Å². The van der Waals surface area contributed by atoms with Crippen molar-refractivity contribution in [3.8, 4) is 0 Å². The van der Waals surface area contributed by atoms with Crippen LogP contribution in [0, 0.1) is 5.82 Å². The lowest BCUT2D eigenvalue weighted by Gasteiger charge is -2.20. The van der Waals surface area contributed by atoms with Crippen molar-refractivity contribution in [2.24, 2.45) is 0 Å². The number of aryl methyl sites for hydroxylation is 1. The van der Waals surface area contributed by atoms with Crippen molar-refractivity contribution in [1.82, 2.24) is 0 Å². The molecule has 0 spiro atoms. The summed E-state index contributed by atoms with van der Waals surface area (Å²) in [7, 11) is 1.92. The fraction of sp³-hybridized carbons (Fsp3) is 0.235. The molecule has 110 valence electrons. The van der Waals surface area contributed by atoms with Crippen LogP contribution < -0.4 is 4.90 Å². The number of rotatable bonds is 5. The summed E-state index contributed by atoms with van der Waals surface area (Å²) in [4.78, 5) is 12.9. The second-order valence-electron chi connectivity index (χ2n) is 5.00. The molecule has 1 N–H and O–H groups in total. The van der Waals surface area contributed by atoms with Crippen LogP contribution in [0.5, 0.6) is 0 Å². The van der Waals surface area contributed by atoms with E-state index in [1.807, 2.05) is 24.1 Å². The van der Waals surface area contributed by atoms with Crippen molar-refractivity contribution in [3.05, 3.63) is 65.0 Å². The smallest absolute Gasteiger partial charge is 0.338 e. The van der Waals surface area contributed by atoms with E-state index >= 15 is 0 Å². The molecule has 0 aromatic heterocycles. The van der Waals surface area contributed by atoms with Crippen LogP contribution in [0.4, 0.5) is 10.1 Å². The molecule has 0 aliphatic carbocycles. The molecule has 0 amide bonds. The number of hydrogen-bond donors (Lipinski definition) is 1. The Kier molecular flexibility index (Phi) is 4.58. The van der Waals surface area contributed by atoms with Gasteiger partial charge in [0.2, 0.25) is 0 Å². The molecule has 2 rings (SSSR count). The summed E-state index contributed by atoms with van der Waals surface area (Å²) in [6.45, 7) is 2.62. The zero-order valence-corrected chi connectivity index (χ0v) is 12.1. The maximum absolute atomic E-state index is 13.4. The maximum Gasteiger partial charge on any atom is 0.338 e. The predicted octanol–water partition coefficient (Wildman–Crippen LogP) is 3.72. The van der Waals surface area contributed by atoms with Crippen molar-refractivity contribution >= 4 is 11.7 Å². The minimum atomic E-state index is -1.25. The molecule has 0 bridgehead atoms. The van der Waals surface area contributed by atoms with Crippen LogP contribution in [-0.4, -0.2) is 18.1 Å². The number of nitrogens with zero attached hydrogens (tertiary/aromatic N) is 1. The fourth-order valence-electron chi connectivity index (χ4n) is 2.19. The summed E-state index contributed by atoms with van der Waals surface area (Å²) >= 11 is 0. The molecule has 0 saturated heterocycles. The van der Waals surface area contributed by atoms with Crippen LogP contribution >= 0.6 is 0 Å². The first kappa shape index (κ1) is 15.0. The van der Waals surface area contributed by atoms with Gasteiger partial charge in [-0.25, -0.2) is 9.18 Å². The predicted molar refractivity (Wildman–Crippen MR) is 81.3 cm³/mol. The first-order valence-corrected chi connectivity index (χ1v) is 6.83. The number of aromatic carboxylic acids is 1. The first-order chi connectivity index (χ1) is 10.0. The lowest BCUT2D eigenvalue weighted by molar-refractivity contribution is 0.0691. The third-order valence-electron chi connectivity index (χ3n) is 3.47. The third kappa shape index (κ3) is 3.60. The molecule has 3 nitrogen and oxygen atoms in total. The van der Waals surface area contributed by atoms with Crippen molar-refractivity contribution in [2.45, 2.75) is 19.9 Å². The average Bonchev–Trinajstić information content (AvgIpc) is 2.49. The molecule has 2 aromatic rings. The summed E-state index contributed by atoms with van der Waals surface area (Å²) < 4.78 is 13.4. The molecular formula is C17H18FNO2. The summed E-state index contributed by atoms with van der Waals surface area (Å²) in [5, 5.41) is 8.95. The summed E-state index contributed by atoms with van der Waals surface area (Å²) in [6.07, 6.45) is 0.990. The van der Waals surface area contributed by atoms with Crippen molar-refractivity contribution in [1.29, 1.82) is 0 Å². The second kappa shape index (κ2) is 6.39. The largest absolute Gasteiger partial charge is 0.478 e. The van der Waals surface area contributed by atoms with E-state index in [1.54, 1.807) is 6.07 Å². The number of halogens is 1. The Labute approximate surface area is 123 Å². The molecule has 0 saturated carbocycles. The lowest BCUT2D eigenvalue weighted by atomic mass is 10.1.